The average Bonchev–Trinajstić information content (AvgIpc) is 3.66. The molecule has 31 heavy (non-hydrogen) atoms. The second kappa shape index (κ2) is 8.70. The molecule has 3 aromatic rings. The zero-order chi connectivity index (χ0) is 21.5. The molecule has 6 nitrogen and oxygen atoms in total. The molecule has 0 saturated carbocycles. The van der Waals surface area contributed by atoms with Crippen LogP contribution in [0.3, 0.4) is 0 Å². The first-order valence-corrected chi connectivity index (χ1v) is 11.0. The molecule has 5 rings (SSSR count). The van der Waals surface area contributed by atoms with E-state index in [1.54, 1.807) is 24.3 Å². The molecule has 2 fully saturated rings. The first kappa shape index (κ1) is 21.2. The third kappa shape index (κ3) is 4.90. The molecule has 2 aliphatic heterocycles. The van der Waals surface area contributed by atoms with Crippen molar-refractivity contribution in [2.24, 2.45) is 0 Å². The van der Waals surface area contributed by atoms with Crippen molar-refractivity contribution in [2.75, 3.05) is 26.4 Å². The maximum atomic E-state index is 6.39. The van der Waals surface area contributed by atoms with Crippen LogP contribution in [0.1, 0.15) is 0 Å². The van der Waals surface area contributed by atoms with Crippen LogP contribution in [-0.4, -0.2) is 48.8 Å². The van der Waals surface area contributed by atoms with Crippen LogP contribution in [0.5, 0.6) is 11.5 Å². The summed E-state index contributed by atoms with van der Waals surface area (Å²) in [4.78, 5) is 0. The number of benzene rings is 2. The zero-order valence-corrected chi connectivity index (χ0v) is 19.0. The molecule has 0 spiro atoms. The standard InChI is InChI=1S/C21H16Cl4N2O4/c22-14-1-10(2-15(23)20(14)30-8-12-6-28-12)18-5-19(27-26-18)11-3-16(24)21(17(25)4-11)31-9-13-7-29-13/h1-5,12-13H,6-9H2,(H,26,27). The summed E-state index contributed by atoms with van der Waals surface area (Å²) in [6.07, 6.45) is 0.220. The van der Waals surface area contributed by atoms with E-state index in [9.17, 15) is 0 Å². The van der Waals surface area contributed by atoms with E-state index in [0.717, 1.165) is 16.8 Å². The van der Waals surface area contributed by atoms with Crippen molar-refractivity contribution in [1.29, 1.82) is 0 Å². The highest BCUT2D eigenvalue weighted by Crippen LogP contribution is 2.40. The summed E-state index contributed by atoms with van der Waals surface area (Å²) in [6, 6.07) is 8.91. The monoisotopic (exact) mass is 500 g/mol. The Hall–Kier alpha value is -1.67. The molecule has 1 N–H and O–H groups in total. The van der Waals surface area contributed by atoms with Crippen LogP contribution < -0.4 is 9.47 Å². The van der Waals surface area contributed by atoms with E-state index in [2.05, 4.69) is 10.2 Å². The van der Waals surface area contributed by atoms with Gasteiger partial charge in [0.1, 0.15) is 25.4 Å². The zero-order valence-electron chi connectivity index (χ0n) is 16.0. The number of epoxide rings is 2. The lowest BCUT2D eigenvalue weighted by molar-refractivity contribution is 0.263. The Bertz CT molecular complexity index is 996. The van der Waals surface area contributed by atoms with Crippen LogP contribution in [0.2, 0.25) is 20.1 Å². The topological polar surface area (TPSA) is 72.2 Å². The molecule has 2 saturated heterocycles. The molecule has 10 heteroatoms. The van der Waals surface area contributed by atoms with Crippen LogP contribution in [-0.2, 0) is 9.47 Å². The Kier molecular flexibility index (Phi) is 5.94. The number of hydrogen-bond donors (Lipinski definition) is 1. The molecule has 2 aromatic carbocycles. The van der Waals surface area contributed by atoms with Crippen LogP contribution in [0.15, 0.2) is 30.3 Å². The average molecular weight is 502 g/mol. The molecule has 0 bridgehead atoms. The van der Waals surface area contributed by atoms with Gasteiger partial charge < -0.3 is 18.9 Å². The Labute approximate surface area is 198 Å². The van der Waals surface area contributed by atoms with Gasteiger partial charge in [-0.1, -0.05) is 46.4 Å². The van der Waals surface area contributed by atoms with Crippen molar-refractivity contribution in [3.63, 3.8) is 0 Å². The van der Waals surface area contributed by atoms with Crippen LogP contribution >= 0.6 is 46.4 Å². The van der Waals surface area contributed by atoms with Gasteiger partial charge in [0, 0.05) is 11.1 Å². The SMILES string of the molecule is Clc1cc(-c2cc(-c3cc(Cl)c(OCC4CO4)c(Cl)c3)[nH]n2)cc(Cl)c1OCC1CO1. The number of aromatic nitrogens is 2. The van der Waals surface area contributed by atoms with E-state index < -0.39 is 0 Å². The highest BCUT2D eigenvalue weighted by atomic mass is 35.5. The summed E-state index contributed by atoms with van der Waals surface area (Å²) < 4.78 is 21.6. The van der Waals surface area contributed by atoms with Gasteiger partial charge in [0.25, 0.3) is 0 Å². The predicted octanol–water partition coefficient (Wildman–Crippen LogP) is 5.91. The summed E-state index contributed by atoms with van der Waals surface area (Å²) in [5.74, 6) is 0.872. The molecule has 0 aliphatic carbocycles. The fourth-order valence-corrected chi connectivity index (χ4v) is 4.19. The Morgan fingerprint density at radius 2 is 1.23 bits per heavy atom. The van der Waals surface area contributed by atoms with Crippen molar-refractivity contribution in [2.45, 2.75) is 12.2 Å². The molecule has 1 aromatic heterocycles. The Morgan fingerprint density at radius 3 is 1.68 bits per heavy atom. The molecule has 2 atom stereocenters. The summed E-state index contributed by atoms with van der Waals surface area (Å²) in [5.41, 5.74) is 2.91. The number of hydrogen-bond acceptors (Lipinski definition) is 5. The Balaban J connectivity index is 1.37. The number of halogens is 4. The van der Waals surface area contributed by atoms with E-state index in [4.69, 9.17) is 65.4 Å². The lowest BCUT2D eigenvalue weighted by atomic mass is 10.1. The van der Waals surface area contributed by atoms with Gasteiger partial charge in [-0.25, -0.2) is 0 Å². The lowest BCUT2D eigenvalue weighted by Gasteiger charge is -2.10. The van der Waals surface area contributed by atoms with E-state index in [-0.39, 0.29) is 12.2 Å². The van der Waals surface area contributed by atoms with Crippen molar-refractivity contribution < 1.29 is 18.9 Å². The smallest absolute Gasteiger partial charge is 0.156 e. The van der Waals surface area contributed by atoms with Crippen LogP contribution in [0, 0.1) is 0 Å². The molecule has 0 radical (unpaired) electrons. The number of nitrogens with one attached hydrogen (secondary N) is 1. The largest absolute Gasteiger partial charge is 0.488 e. The fraction of sp³-hybridized carbons (Fsp3) is 0.286. The van der Waals surface area contributed by atoms with E-state index in [1.165, 1.54) is 0 Å². The molecule has 0 amide bonds. The van der Waals surface area contributed by atoms with Gasteiger partial charge in [-0.05, 0) is 30.3 Å². The highest BCUT2D eigenvalue weighted by molar-refractivity contribution is 6.38. The van der Waals surface area contributed by atoms with Crippen LogP contribution in [0.25, 0.3) is 22.5 Å². The molecular weight excluding hydrogens is 486 g/mol. The molecular formula is C21H16Cl4N2O4. The van der Waals surface area contributed by atoms with Crippen molar-refractivity contribution in [1.82, 2.24) is 10.2 Å². The van der Waals surface area contributed by atoms with Gasteiger partial charge in [-0.15, -0.1) is 0 Å². The minimum Gasteiger partial charge on any atom is -0.488 e. The first-order valence-electron chi connectivity index (χ1n) is 9.51. The summed E-state index contributed by atoms with van der Waals surface area (Å²) in [5, 5.41) is 8.99. The maximum absolute atomic E-state index is 6.39. The lowest BCUT2D eigenvalue weighted by Crippen LogP contribution is -2.04. The third-order valence-corrected chi connectivity index (χ3v) is 5.94. The summed E-state index contributed by atoms with van der Waals surface area (Å²) in [7, 11) is 0. The van der Waals surface area contributed by atoms with Crippen molar-refractivity contribution in [3.8, 4) is 34.0 Å². The van der Waals surface area contributed by atoms with E-state index in [0.29, 0.717) is 63.7 Å². The summed E-state index contributed by atoms with van der Waals surface area (Å²) >= 11 is 25.5. The molecule has 162 valence electrons. The van der Waals surface area contributed by atoms with E-state index >= 15 is 0 Å². The van der Waals surface area contributed by atoms with Crippen molar-refractivity contribution in [3.05, 3.63) is 50.4 Å². The minimum atomic E-state index is 0.109. The van der Waals surface area contributed by atoms with Gasteiger partial charge in [-0.3, -0.25) is 5.10 Å². The molecule has 2 aliphatic rings. The van der Waals surface area contributed by atoms with Gasteiger partial charge in [0.05, 0.1) is 44.7 Å². The quantitative estimate of drug-likeness (QED) is 0.388. The number of ether oxygens (including phenoxy) is 4. The number of nitrogens with zero attached hydrogens (tertiary/aromatic N) is 1. The molecule has 2 unspecified atom stereocenters. The van der Waals surface area contributed by atoms with Crippen molar-refractivity contribution >= 4 is 46.4 Å². The minimum absolute atomic E-state index is 0.109. The number of rotatable bonds is 8. The first-order chi connectivity index (χ1) is 15.0. The number of H-pyrrole nitrogens is 1. The second-order valence-corrected chi connectivity index (χ2v) is 8.87. The van der Waals surface area contributed by atoms with Gasteiger partial charge >= 0.3 is 0 Å². The summed E-state index contributed by atoms with van der Waals surface area (Å²) in [6.45, 7) is 2.22. The normalized spacial score (nSPS) is 19.4. The maximum Gasteiger partial charge on any atom is 0.156 e. The Morgan fingerprint density at radius 1 is 0.774 bits per heavy atom. The van der Waals surface area contributed by atoms with Gasteiger partial charge in [0.15, 0.2) is 11.5 Å². The predicted molar refractivity (Wildman–Crippen MR) is 120 cm³/mol. The van der Waals surface area contributed by atoms with Gasteiger partial charge in [0.2, 0.25) is 0 Å². The van der Waals surface area contributed by atoms with E-state index in [1.807, 2.05) is 6.07 Å². The number of aromatic amines is 1. The third-order valence-electron chi connectivity index (χ3n) is 4.81. The highest BCUT2D eigenvalue weighted by Gasteiger charge is 2.25. The second-order valence-electron chi connectivity index (χ2n) is 7.24. The van der Waals surface area contributed by atoms with Crippen LogP contribution in [0.4, 0.5) is 0 Å². The fourth-order valence-electron chi connectivity index (χ4n) is 3.00. The van der Waals surface area contributed by atoms with Gasteiger partial charge in [-0.2, -0.15) is 5.10 Å². The molecule has 3 heterocycles.